The minimum Gasteiger partial charge on any atom is -0.465 e. The van der Waals surface area contributed by atoms with Gasteiger partial charge in [0.25, 0.3) is 0 Å². The number of esters is 1. The molecule has 0 radical (unpaired) electrons. The van der Waals surface area contributed by atoms with Crippen LogP contribution in [0.4, 0.5) is 0 Å². The molecule has 0 saturated carbocycles. The van der Waals surface area contributed by atoms with Crippen molar-refractivity contribution in [2.45, 2.75) is 38.0 Å². The van der Waals surface area contributed by atoms with Gasteiger partial charge in [-0.15, -0.1) is 5.10 Å². The first-order valence-corrected chi connectivity index (χ1v) is 7.11. The Morgan fingerprint density at radius 2 is 2.26 bits per heavy atom. The van der Waals surface area contributed by atoms with E-state index in [4.69, 9.17) is 4.74 Å². The second kappa shape index (κ2) is 7.34. The summed E-state index contributed by atoms with van der Waals surface area (Å²) in [5.74, 6) is 0.166. The Balaban J connectivity index is 2.64. The molecular weight excluding hydrogens is 268 g/mol. The van der Waals surface area contributed by atoms with E-state index >= 15 is 0 Å². The average molecular weight is 288 g/mol. The molecule has 0 aliphatic heterocycles. The zero-order valence-electron chi connectivity index (χ0n) is 11.6. The van der Waals surface area contributed by atoms with E-state index in [1.54, 1.807) is 14.0 Å². The number of carbonyl (C=O) groups is 1. The Labute approximate surface area is 116 Å². The van der Waals surface area contributed by atoms with Crippen molar-refractivity contribution in [3.63, 3.8) is 0 Å². The van der Waals surface area contributed by atoms with Gasteiger partial charge in [0, 0.05) is 18.8 Å². The lowest BCUT2D eigenvalue weighted by Crippen LogP contribution is -2.43. The van der Waals surface area contributed by atoms with Crippen LogP contribution in [0.15, 0.2) is 9.95 Å². The number of ether oxygens (including phenoxy) is 1. The van der Waals surface area contributed by atoms with Crippen molar-refractivity contribution in [2.24, 2.45) is 7.05 Å². The van der Waals surface area contributed by atoms with Crippen LogP contribution in [0, 0.1) is 0 Å². The Bertz CT molecular complexity index is 469. The number of aromatic nitrogens is 3. The number of carbonyl (C=O) groups excluding carboxylic acids is 1. The zero-order chi connectivity index (χ0) is 14.4. The third-order valence-corrected chi connectivity index (χ3v) is 3.45. The summed E-state index contributed by atoms with van der Waals surface area (Å²) >= 11 is 1.33. The molecule has 8 heteroatoms. The van der Waals surface area contributed by atoms with Gasteiger partial charge in [-0.1, -0.05) is 25.6 Å². The van der Waals surface area contributed by atoms with Gasteiger partial charge >= 0.3 is 11.7 Å². The molecule has 0 saturated heterocycles. The fraction of sp³-hybridized carbons (Fsp3) is 0.727. The van der Waals surface area contributed by atoms with Gasteiger partial charge in [0.1, 0.15) is 6.04 Å². The molecule has 0 amide bonds. The van der Waals surface area contributed by atoms with E-state index < -0.39 is 6.04 Å². The Morgan fingerprint density at radius 3 is 2.74 bits per heavy atom. The highest BCUT2D eigenvalue weighted by Crippen LogP contribution is 2.14. The number of rotatable bonds is 7. The molecule has 19 heavy (non-hydrogen) atoms. The Kier molecular flexibility index (Phi) is 6.10. The quantitative estimate of drug-likeness (QED) is 0.547. The van der Waals surface area contributed by atoms with Crippen LogP contribution in [0.5, 0.6) is 0 Å². The summed E-state index contributed by atoms with van der Waals surface area (Å²) in [7, 11) is 1.63. The topological polar surface area (TPSA) is 89.0 Å². The maximum absolute atomic E-state index is 11.8. The standard InChI is InChI=1S/C11H20N4O3S/c1-5-18-9(16)8(12-7(2)3)6-19-11-14-13-10(17)15(11)4/h7-8,12H,5-6H2,1-4H3,(H,13,17). The first-order valence-electron chi connectivity index (χ1n) is 6.12. The van der Waals surface area contributed by atoms with E-state index in [1.807, 2.05) is 13.8 Å². The van der Waals surface area contributed by atoms with Gasteiger partial charge in [0.2, 0.25) is 0 Å². The van der Waals surface area contributed by atoms with Gasteiger partial charge in [-0.05, 0) is 6.92 Å². The second-order valence-corrected chi connectivity index (χ2v) is 5.29. The SMILES string of the molecule is CCOC(=O)C(CSc1n[nH]c(=O)n1C)NC(C)C. The number of nitrogens with one attached hydrogen (secondary N) is 2. The van der Waals surface area contributed by atoms with Crippen LogP contribution in [0.1, 0.15) is 20.8 Å². The number of hydrogen-bond donors (Lipinski definition) is 2. The van der Waals surface area contributed by atoms with E-state index in [1.165, 1.54) is 16.3 Å². The highest BCUT2D eigenvalue weighted by Gasteiger charge is 2.21. The molecule has 0 spiro atoms. The molecule has 0 aliphatic carbocycles. The third kappa shape index (κ3) is 4.71. The van der Waals surface area contributed by atoms with Gasteiger partial charge in [-0.25, -0.2) is 9.89 Å². The summed E-state index contributed by atoms with van der Waals surface area (Å²) in [4.78, 5) is 23.0. The number of thioether (sulfide) groups is 1. The number of nitrogens with zero attached hydrogens (tertiary/aromatic N) is 2. The third-order valence-electron chi connectivity index (χ3n) is 2.32. The van der Waals surface area contributed by atoms with E-state index in [0.717, 1.165) is 0 Å². The molecule has 0 bridgehead atoms. The van der Waals surface area contributed by atoms with Gasteiger partial charge < -0.3 is 10.1 Å². The van der Waals surface area contributed by atoms with Crippen molar-refractivity contribution in [1.82, 2.24) is 20.1 Å². The molecule has 1 atom stereocenters. The lowest BCUT2D eigenvalue weighted by Gasteiger charge is -2.18. The van der Waals surface area contributed by atoms with Crippen molar-refractivity contribution >= 4 is 17.7 Å². The number of aromatic amines is 1. The molecule has 1 rings (SSSR count). The molecule has 0 fully saturated rings. The molecular formula is C11H20N4O3S. The predicted octanol–water partition coefficient (Wildman–Crippen LogP) is 0.130. The smallest absolute Gasteiger partial charge is 0.343 e. The van der Waals surface area contributed by atoms with E-state index in [0.29, 0.717) is 17.5 Å². The van der Waals surface area contributed by atoms with Crippen molar-refractivity contribution in [3.8, 4) is 0 Å². The van der Waals surface area contributed by atoms with E-state index in [-0.39, 0.29) is 17.7 Å². The summed E-state index contributed by atoms with van der Waals surface area (Å²) in [6, 6.07) is -0.255. The first-order chi connectivity index (χ1) is 8.95. The second-order valence-electron chi connectivity index (χ2n) is 4.31. The van der Waals surface area contributed by atoms with Gasteiger partial charge in [-0.3, -0.25) is 9.36 Å². The van der Waals surface area contributed by atoms with Crippen LogP contribution < -0.4 is 11.0 Å². The Morgan fingerprint density at radius 1 is 1.58 bits per heavy atom. The first kappa shape index (κ1) is 15.8. The van der Waals surface area contributed by atoms with Gasteiger partial charge in [0.15, 0.2) is 5.16 Å². The molecule has 1 aromatic rings. The fourth-order valence-corrected chi connectivity index (χ4v) is 2.38. The zero-order valence-corrected chi connectivity index (χ0v) is 12.4. The lowest BCUT2D eigenvalue weighted by atomic mass is 10.3. The molecule has 108 valence electrons. The largest absolute Gasteiger partial charge is 0.465 e. The van der Waals surface area contributed by atoms with E-state index in [9.17, 15) is 9.59 Å². The van der Waals surface area contributed by atoms with Crippen LogP contribution in [0.2, 0.25) is 0 Å². The summed E-state index contributed by atoms with van der Waals surface area (Å²) in [5.41, 5.74) is -0.271. The summed E-state index contributed by atoms with van der Waals surface area (Å²) < 4.78 is 6.42. The molecule has 1 aromatic heterocycles. The number of H-pyrrole nitrogens is 1. The highest BCUT2D eigenvalue weighted by molar-refractivity contribution is 7.99. The number of hydrogen-bond acceptors (Lipinski definition) is 6. The molecule has 0 aromatic carbocycles. The van der Waals surface area contributed by atoms with Crippen molar-refractivity contribution in [2.75, 3.05) is 12.4 Å². The Hall–Kier alpha value is -1.28. The minimum atomic E-state index is -0.420. The van der Waals surface area contributed by atoms with Crippen LogP contribution >= 0.6 is 11.8 Å². The van der Waals surface area contributed by atoms with E-state index in [2.05, 4.69) is 15.5 Å². The van der Waals surface area contributed by atoms with Crippen LogP contribution in [0.25, 0.3) is 0 Å². The fourth-order valence-electron chi connectivity index (χ4n) is 1.45. The van der Waals surface area contributed by atoms with Crippen LogP contribution in [-0.2, 0) is 16.6 Å². The molecule has 1 unspecified atom stereocenters. The maximum atomic E-state index is 11.8. The van der Waals surface area contributed by atoms with Crippen LogP contribution in [-0.4, -0.2) is 45.2 Å². The lowest BCUT2D eigenvalue weighted by molar-refractivity contribution is -0.145. The van der Waals surface area contributed by atoms with Crippen molar-refractivity contribution in [1.29, 1.82) is 0 Å². The average Bonchev–Trinajstić information content (AvgIpc) is 2.65. The molecule has 1 heterocycles. The van der Waals surface area contributed by atoms with Crippen LogP contribution in [0.3, 0.4) is 0 Å². The molecule has 7 nitrogen and oxygen atoms in total. The minimum absolute atomic E-state index is 0.165. The van der Waals surface area contributed by atoms with Crippen molar-refractivity contribution < 1.29 is 9.53 Å². The highest BCUT2D eigenvalue weighted by atomic mass is 32.2. The normalized spacial score (nSPS) is 12.7. The maximum Gasteiger partial charge on any atom is 0.343 e. The molecule has 2 N–H and O–H groups in total. The van der Waals surface area contributed by atoms with Gasteiger partial charge in [-0.2, -0.15) is 0 Å². The monoisotopic (exact) mass is 288 g/mol. The summed E-state index contributed by atoms with van der Waals surface area (Å²) in [6.45, 7) is 6.04. The summed E-state index contributed by atoms with van der Waals surface area (Å²) in [5, 5.41) is 9.92. The molecule has 0 aliphatic rings. The summed E-state index contributed by atoms with van der Waals surface area (Å²) in [6.07, 6.45) is 0. The van der Waals surface area contributed by atoms with Crippen molar-refractivity contribution in [3.05, 3.63) is 10.5 Å². The van der Waals surface area contributed by atoms with Gasteiger partial charge in [0.05, 0.1) is 6.61 Å². The predicted molar refractivity (Wildman–Crippen MR) is 73.2 cm³/mol.